The summed E-state index contributed by atoms with van der Waals surface area (Å²) in [5.41, 5.74) is 4.72. The predicted octanol–water partition coefficient (Wildman–Crippen LogP) is 1.43. The second-order valence-electron chi connectivity index (χ2n) is 5.87. The third kappa shape index (κ3) is 4.22. The first kappa shape index (κ1) is 17.7. The smallest absolute Gasteiger partial charge is 0.251 e. The Hall–Kier alpha value is -2.63. The zero-order valence-corrected chi connectivity index (χ0v) is 14.6. The van der Waals surface area contributed by atoms with Crippen molar-refractivity contribution in [1.29, 1.82) is 0 Å². The van der Waals surface area contributed by atoms with Gasteiger partial charge in [-0.1, -0.05) is 18.2 Å². The molecule has 24 heavy (non-hydrogen) atoms. The van der Waals surface area contributed by atoms with Gasteiger partial charge in [0.05, 0.1) is 12.2 Å². The van der Waals surface area contributed by atoms with E-state index in [1.165, 1.54) is 0 Å². The minimum Gasteiger partial charge on any atom is -0.354 e. The van der Waals surface area contributed by atoms with E-state index in [0.717, 1.165) is 28.9 Å². The van der Waals surface area contributed by atoms with Crippen LogP contribution in [0.3, 0.4) is 0 Å². The van der Waals surface area contributed by atoms with Crippen molar-refractivity contribution in [2.24, 2.45) is 7.05 Å². The highest BCUT2D eigenvalue weighted by molar-refractivity contribution is 5.97. The molecule has 2 N–H and O–H groups in total. The van der Waals surface area contributed by atoms with Crippen molar-refractivity contribution in [2.45, 2.75) is 27.2 Å². The van der Waals surface area contributed by atoms with E-state index in [1.54, 1.807) is 12.1 Å². The van der Waals surface area contributed by atoms with Crippen LogP contribution in [0.2, 0.25) is 0 Å². The number of amides is 2. The monoisotopic (exact) mass is 328 g/mol. The largest absolute Gasteiger partial charge is 0.354 e. The zero-order valence-electron chi connectivity index (χ0n) is 14.6. The highest BCUT2D eigenvalue weighted by Gasteiger charge is 2.11. The van der Waals surface area contributed by atoms with Gasteiger partial charge in [-0.3, -0.25) is 14.3 Å². The van der Waals surface area contributed by atoms with Gasteiger partial charge in [0.1, 0.15) is 0 Å². The SMILES string of the molecule is Cc1ccccc1C(=O)NCC(=O)NCCc1c(C)nn(C)c1C. The fourth-order valence-electron chi connectivity index (χ4n) is 2.65. The number of aryl methyl sites for hydroxylation is 3. The van der Waals surface area contributed by atoms with Crippen molar-refractivity contribution in [3.05, 3.63) is 52.3 Å². The second-order valence-corrected chi connectivity index (χ2v) is 5.87. The fourth-order valence-corrected chi connectivity index (χ4v) is 2.65. The summed E-state index contributed by atoms with van der Waals surface area (Å²) in [7, 11) is 1.91. The summed E-state index contributed by atoms with van der Waals surface area (Å²) in [5.74, 6) is -0.432. The number of hydrogen-bond acceptors (Lipinski definition) is 3. The molecular formula is C18H24N4O2. The maximum Gasteiger partial charge on any atom is 0.251 e. The number of benzene rings is 1. The van der Waals surface area contributed by atoms with Crippen molar-refractivity contribution < 1.29 is 9.59 Å². The van der Waals surface area contributed by atoms with Crippen molar-refractivity contribution in [3.8, 4) is 0 Å². The summed E-state index contributed by atoms with van der Waals surface area (Å²) in [4.78, 5) is 23.9. The predicted molar refractivity (Wildman–Crippen MR) is 92.9 cm³/mol. The molecule has 0 unspecified atom stereocenters. The average molecular weight is 328 g/mol. The van der Waals surface area contributed by atoms with E-state index < -0.39 is 0 Å². The van der Waals surface area contributed by atoms with Crippen LogP contribution in [0.5, 0.6) is 0 Å². The van der Waals surface area contributed by atoms with E-state index in [-0.39, 0.29) is 18.4 Å². The van der Waals surface area contributed by atoms with Gasteiger partial charge in [-0.25, -0.2) is 0 Å². The first-order chi connectivity index (χ1) is 11.4. The molecule has 0 saturated heterocycles. The zero-order chi connectivity index (χ0) is 17.7. The average Bonchev–Trinajstić information content (AvgIpc) is 2.79. The molecule has 0 fully saturated rings. The highest BCUT2D eigenvalue weighted by atomic mass is 16.2. The molecule has 0 aliphatic heterocycles. The van der Waals surface area contributed by atoms with E-state index in [1.807, 2.05) is 44.6 Å². The maximum atomic E-state index is 12.1. The number of carbonyl (C=O) groups excluding carboxylic acids is 2. The van der Waals surface area contributed by atoms with Gasteiger partial charge in [-0.05, 0) is 44.4 Å². The quantitative estimate of drug-likeness (QED) is 0.842. The number of rotatable bonds is 6. The van der Waals surface area contributed by atoms with Gasteiger partial charge in [0.15, 0.2) is 0 Å². The summed E-state index contributed by atoms with van der Waals surface area (Å²) in [6.07, 6.45) is 0.725. The number of aromatic nitrogens is 2. The Morgan fingerprint density at radius 3 is 2.46 bits per heavy atom. The van der Waals surface area contributed by atoms with E-state index in [9.17, 15) is 9.59 Å². The van der Waals surface area contributed by atoms with Crippen LogP contribution in [-0.2, 0) is 18.3 Å². The van der Waals surface area contributed by atoms with Crippen LogP contribution in [0.1, 0.15) is 32.9 Å². The molecule has 0 saturated carbocycles. The number of nitrogens with zero attached hydrogens (tertiary/aromatic N) is 2. The minimum atomic E-state index is -0.234. The van der Waals surface area contributed by atoms with Crippen LogP contribution in [0.4, 0.5) is 0 Å². The molecule has 1 aromatic heterocycles. The molecular weight excluding hydrogens is 304 g/mol. The molecule has 128 valence electrons. The Bertz CT molecular complexity index is 749. The molecule has 0 atom stereocenters. The van der Waals surface area contributed by atoms with Crippen molar-refractivity contribution in [3.63, 3.8) is 0 Å². The van der Waals surface area contributed by atoms with E-state index in [0.29, 0.717) is 12.1 Å². The molecule has 2 aromatic rings. The maximum absolute atomic E-state index is 12.1. The number of carbonyl (C=O) groups is 2. The first-order valence-electron chi connectivity index (χ1n) is 7.99. The Kier molecular flexibility index (Phi) is 5.73. The Morgan fingerprint density at radius 1 is 1.12 bits per heavy atom. The third-order valence-corrected chi connectivity index (χ3v) is 4.16. The molecule has 1 aromatic carbocycles. The van der Waals surface area contributed by atoms with Gasteiger partial charge in [-0.15, -0.1) is 0 Å². The molecule has 0 spiro atoms. The van der Waals surface area contributed by atoms with E-state index in [2.05, 4.69) is 15.7 Å². The van der Waals surface area contributed by atoms with Crippen molar-refractivity contribution in [2.75, 3.05) is 13.1 Å². The molecule has 2 amide bonds. The van der Waals surface area contributed by atoms with Crippen LogP contribution >= 0.6 is 0 Å². The standard InChI is InChI=1S/C18H24N4O2/c1-12-7-5-6-8-15(12)18(24)20-11-17(23)19-10-9-16-13(2)21-22(4)14(16)3/h5-8H,9-11H2,1-4H3,(H,19,23)(H,20,24). The molecule has 1 heterocycles. The van der Waals surface area contributed by atoms with Crippen LogP contribution in [0, 0.1) is 20.8 Å². The molecule has 0 bridgehead atoms. The summed E-state index contributed by atoms with van der Waals surface area (Å²) >= 11 is 0. The molecule has 0 aliphatic carbocycles. The molecule has 0 aliphatic rings. The number of hydrogen-bond donors (Lipinski definition) is 2. The lowest BCUT2D eigenvalue weighted by molar-refractivity contribution is -0.120. The van der Waals surface area contributed by atoms with Crippen LogP contribution in [-0.4, -0.2) is 34.7 Å². The fraction of sp³-hybridized carbons (Fsp3) is 0.389. The Balaban J connectivity index is 1.78. The molecule has 0 radical (unpaired) electrons. The van der Waals surface area contributed by atoms with Gasteiger partial charge in [-0.2, -0.15) is 5.10 Å². The van der Waals surface area contributed by atoms with Crippen molar-refractivity contribution in [1.82, 2.24) is 20.4 Å². The summed E-state index contributed by atoms with van der Waals surface area (Å²) in [5, 5.41) is 9.83. The Morgan fingerprint density at radius 2 is 1.83 bits per heavy atom. The van der Waals surface area contributed by atoms with Crippen LogP contribution < -0.4 is 10.6 Å². The molecule has 6 nitrogen and oxygen atoms in total. The topological polar surface area (TPSA) is 76.0 Å². The summed E-state index contributed by atoms with van der Waals surface area (Å²) in [6.45, 7) is 6.34. The Labute approximate surface area is 142 Å². The third-order valence-electron chi connectivity index (χ3n) is 4.16. The van der Waals surface area contributed by atoms with E-state index >= 15 is 0 Å². The lowest BCUT2D eigenvalue weighted by Gasteiger charge is -2.08. The normalized spacial score (nSPS) is 10.5. The second kappa shape index (κ2) is 7.77. The number of nitrogens with one attached hydrogen (secondary N) is 2. The van der Waals surface area contributed by atoms with Gasteiger partial charge in [0.2, 0.25) is 5.91 Å². The van der Waals surface area contributed by atoms with E-state index in [4.69, 9.17) is 0 Å². The van der Waals surface area contributed by atoms with Gasteiger partial charge >= 0.3 is 0 Å². The highest BCUT2D eigenvalue weighted by Crippen LogP contribution is 2.11. The summed E-state index contributed by atoms with van der Waals surface area (Å²) < 4.78 is 1.84. The molecule has 2 rings (SSSR count). The van der Waals surface area contributed by atoms with Crippen molar-refractivity contribution >= 4 is 11.8 Å². The summed E-state index contributed by atoms with van der Waals surface area (Å²) in [6, 6.07) is 7.30. The minimum absolute atomic E-state index is 0.0296. The molecule has 6 heteroatoms. The first-order valence-corrected chi connectivity index (χ1v) is 7.99. The van der Waals surface area contributed by atoms with Gasteiger partial charge < -0.3 is 10.6 Å². The van der Waals surface area contributed by atoms with Gasteiger partial charge in [0.25, 0.3) is 5.91 Å². The lowest BCUT2D eigenvalue weighted by atomic mass is 10.1. The van der Waals surface area contributed by atoms with Gasteiger partial charge in [0, 0.05) is 24.8 Å². The van der Waals surface area contributed by atoms with Crippen LogP contribution in [0.25, 0.3) is 0 Å². The lowest BCUT2D eigenvalue weighted by Crippen LogP contribution is -2.37. The van der Waals surface area contributed by atoms with Crippen LogP contribution in [0.15, 0.2) is 24.3 Å².